The average Bonchev–Trinajstić information content (AvgIpc) is 3.35. The van der Waals surface area contributed by atoms with Gasteiger partial charge in [0.05, 0.1) is 29.4 Å². The van der Waals surface area contributed by atoms with Crippen molar-refractivity contribution in [3.8, 4) is 0 Å². The number of fused-ring (bicyclic) bond motifs is 2. The molecule has 1 N–H and O–H groups in total. The van der Waals surface area contributed by atoms with Crippen molar-refractivity contribution >= 4 is 39.1 Å². The van der Waals surface area contributed by atoms with Crippen molar-refractivity contribution in [2.45, 2.75) is 23.8 Å². The van der Waals surface area contributed by atoms with Gasteiger partial charge in [-0.25, -0.2) is 12.7 Å². The molecule has 2 aromatic rings. The zero-order valence-corrected chi connectivity index (χ0v) is 24.2. The number of ether oxygens (including phenoxy) is 1. The smallest absolute Gasteiger partial charge is 0.296 e. The Hall–Kier alpha value is -3.58. The minimum Gasteiger partial charge on any atom is -0.507 e. The number of morpholine rings is 1. The van der Waals surface area contributed by atoms with Crippen molar-refractivity contribution in [1.82, 2.24) is 14.1 Å². The first-order chi connectivity index (χ1) is 19.6. The molecular weight excluding hydrogens is 548 g/mol. The molecule has 0 bridgehead atoms. The van der Waals surface area contributed by atoms with Gasteiger partial charge in [0, 0.05) is 57.9 Å². The zero-order valence-electron chi connectivity index (χ0n) is 23.4. The van der Waals surface area contributed by atoms with Gasteiger partial charge in [-0.3, -0.25) is 19.3 Å². The number of sulfonamides is 1. The molecule has 3 aliphatic heterocycles. The van der Waals surface area contributed by atoms with E-state index in [-0.39, 0.29) is 22.6 Å². The SMILES string of the molecule is CCCN1C(=O)C2(/C(=C(\O)c3cccc(S(=O)(=O)N(C)C)c3)C(=O)C(=O)N2CCN2CCOCC2)c2ccccc21. The zero-order chi connectivity index (χ0) is 29.5. The van der Waals surface area contributed by atoms with Crippen LogP contribution >= 0.6 is 0 Å². The molecule has 0 aromatic heterocycles. The summed E-state index contributed by atoms with van der Waals surface area (Å²) in [4.78, 5) is 46.9. The van der Waals surface area contributed by atoms with Crippen LogP contribution in [0, 0.1) is 0 Å². The number of Topliss-reactive ketones (excluding diaryl/α,β-unsaturated/α-hetero) is 1. The van der Waals surface area contributed by atoms with Gasteiger partial charge in [-0.2, -0.15) is 0 Å². The van der Waals surface area contributed by atoms with E-state index in [1.165, 1.54) is 43.3 Å². The third kappa shape index (κ3) is 4.55. The maximum absolute atomic E-state index is 14.5. The van der Waals surface area contributed by atoms with E-state index in [2.05, 4.69) is 4.90 Å². The van der Waals surface area contributed by atoms with E-state index in [0.717, 1.165) is 4.31 Å². The number of benzene rings is 2. The summed E-state index contributed by atoms with van der Waals surface area (Å²) < 4.78 is 32.1. The summed E-state index contributed by atoms with van der Waals surface area (Å²) in [6.07, 6.45) is 0.626. The number of nitrogens with zero attached hydrogens (tertiary/aromatic N) is 4. The summed E-state index contributed by atoms with van der Waals surface area (Å²) >= 11 is 0. The Morgan fingerprint density at radius 3 is 2.39 bits per heavy atom. The highest BCUT2D eigenvalue weighted by atomic mass is 32.2. The van der Waals surface area contributed by atoms with Crippen molar-refractivity contribution in [2.24, 2.45) is 0 Å². The van der Waals surface area contributed by atoms with Gasteiger partial charge in [-0.05, 0) is 24.6 Å². The molecule has 1 atom stereocenters. The predicted molar refractivity (Wildman–Crippen MR) is 152 cm³/mol. The summed E-state index contributed by atoms with van der Waals surface area (Å²) in [6, 6.07) is 12.5. The van der Waals surface area contributed by atoms with Crippen LogP contribution in [-0.4, -0.2) is 105 Å². The minimum atomic E-state index is -3.87. The first kappa shape index (κ1) is 28.9. The quantitative estimate of drug-likeness (QED) is 0.283. The van der Waals surface area contributed by atoms with Crippen LogP contribution in [0.2, 0.25) is 0 Å². The van der Waals surface area contributed by atoms with Crippen molar-refractivity contribution in [3.05, 3.63) is 65.2 Å². The number of rotatable bonds is 8. The highest BCUT2D eigenvalue weighted by Gasteiger charge is 2.67. The number of amides is 2. The molecule has 41 heavy (non-hydrogen) atoms. The number of aliphatic hydroxyl groups is 1. The van der Waals surface area contributed by atoms with E-state index in [4.69, 9.17) is 4.74 Å². The second-order valence-electron chi connectivity index (χ2n) is 10.5. The van der Waals surface area contributed by atoms with E-state index >= 15 is 0 Å². The number of aliphatic hydroxyl groups excluding tert-OH is 1. The molecular formula is C29H34N4O7S. The molecule has 2 saturated heterocycles. The lowest BCUT2D eigenvalue weighted by molar-refractivity contribution is -0.144. The van der Waals surface area contributed by atoms with Crippen LogP contribution < -0.4 is 4.90 Å². The topological polar surface area (TPSA) is 128 Å². The molecule has 1 unspecified atom stereocenters. The van der Waals surface area contributed by atoms with Crippen LogP contribution in [0.1, 0.15) is 24.5 Å². The van der Waals surface area contributed by atoms with Gasteiger partial charge >= 0.3 is 0 Å². The second-order valence-corrected chi connectivity index (χ2v) is 12.6. The summed E-state index contributed by atoms with van der Waals surface area (Å²) in [6.45, 7) is 5.13. The number of likely N-dealkylation sites (tertiary alicyclic amines) is 1. The van der Waals surface area contributed by atoms with Crippen molar-refractivity contribution in [2.75, 3.05) is 64.9 Å². The molecule has 12 heteroatoms. The highest BCUT2D eigenvalue weighted by Crippen LogP contribution is 2.53. The third-order valence-electron chi connectivity index (χ3n) is 7.89. The van der Waals surface area contributed by atoms with Crippen LogP contribution in [0.3, 0.4) is 0 Å². The summed E-state index contributed by atoms with van der Waals surface area (Å²) in [5.41, 5.74) is -1.25. The van der Waals surface area contributed by atoms with E-state index in [1.54, 1.807) is 29.2 Å². The van der Waals surface area contributed by atoms with Crippen LogP contribution in [0.5, 0.6) is 0 Å². The summed E-state index contributed by atoms with van der Waals surface area (Å²) in [7, 11) is -1.10. The van der Waals surface area contributed by atoms with Crippen LogP contribution in [0.25, 0.3) is 5.76 Å². The van der Waals surface area contributed by atoms with Crippen molar-refractivity contribution in [1.29, 1.82) is 0 Å². The van der Waals surface area contributed by atoms with Gasteiger partial charge in [0.15, 0.2) is 5.54 Å². The maximum atomic E-state index is 14.5. The maximum Gasteiger partial charge on any atom is 0.296 e. The van der Waals surface area contributed by atoms with E-state index < -0.39 is 38.9 Å². The molecule has 2 amide bonds. The van der Waals surface area contributed by atoms with E-state index in [1.807, 2.05) is 6.92 Å². The summed E-state index contributed by atoms with van der Waals surface area (Å²) in [5, 5.41) is 11.7. The lowest BCUT2D eigenvalue weighted by Crippen LogP contribution is -2.54. The Bertz CT molecular complexity index is 1530. The molecule has 2 aromatic carbocycles. The number of hydrogen-bond donors (Lipinski definition) is 1. The molecule has 2 fully saturated rings. The van der Waals surface area contributed by atoms with Crippen LogP contribution in [0.15, 0.2) is 59.0 Å². The number of anilines is 1. The normalized spacial score (nSPS) is 22.8. The van der Waals surface area contributed by atoms with Gasteiger partial charge in [0.25, 0.3) is 17.6 Å². The van der Waals surface area contributed by atoms with Gasteiger partial charge in [0.1, 0.15) is 5.76 Å². The number of carbonyl (C=O) groups excluding carboxylic acids is 3. The minimum absolute atomic E-state index is 0.0118. The molecule has 0 saturated carbocycles. The van der Waals surface area contributed by atoms with Gasteiger partial charge in [-0.15, -0.1) is 0 Å². The molecule has 3 aliphatic rings. The fraction of sp³-hybridized carbons (Fsp3) is 0.414. The fourth-order valence-electron chi connectivity index (χ4n) is 5.84. The molecule has 0 aliphatic carbocycles. The van der Waals surface area contributed by atoms with E-state index in [0.29, 0.717) is 57.1 Å². The molecule has 0 radical (unpaired) electrons. The first-order valence-corrected chi connectivity index (χ1v) is 15.0. The van der Waals surface area contributed by atoms with Gasteiger partial charge in [0.2, 0.25) is 10.0 Å². The van der Waals surface area contributed by atoms with Gasteiger partial charge in [-0.1, -0.05) is 37.3 Å². The molecule has 3 heterocycles. The largest absolute Gasteiger partial charge is 0.507 e. The molecule has 218 valence electrons. The second kappa shape index (κ2) is 11.0. The van der Waals surface area contributed by atoms with Crippen LogP contribution in [-0.2, 0) is 34.7 Å². The predicted octanol–water partition coefficient (Wildman–Crippen LogP) is 1.60. The monoisotopic (exact) mass is 582 g/mol. The Morgan fingerprint density at radius 1 is 1.00 bits per heavy atom. The average molecular weight is 583 g/mol. The van der Waals surface area contributed by atoms with Gasteiger partial charge < -0.3 is 19.6 Å². The molecule has 1 spiro atoms. The number of hydrogen-bond acceptors (Lipinski definition) is 8. The third-order valence-corrected chi connectivity index (χ3v) is 9.70. The highest BCUT2D eigenvalue weighted by molar-refractivity contribution is 7.89. The standard InChI is InChI=1S/C29H34N4O7S/c1-4-12-32-23-11-6-5-10-22(23)29(28(32)37)24(25(34)20-8-7-9-21(19-20)41(38,39)30(2)3)26(35)27(36)33(29)14-13-31-15-17-40-18-16-31/h5-11,19,34H,4,12-18H2,1-3H3/b25-24-. The van der Waals surface area contributed by atoms with E-state index in [9.17, 15) is 27.9 Å². The first-order valence-electron chi connectivity index (χ1n) is 13.6. The Kier molecular flexibility index (Phi) is 7.77. The fourth-order valence-corrected chi connectivity index (χ4v) is 6.79. The van der Waals surface area contributed by atoms with Crippen LogP contribution in [0.4, 0.5) is 5.69 Å². The Balaban J connectivity index is 1.72. The number of para-hydroxylation sites is 1. The van der Waals surface area contributed by atoms with Crippen molar-refractivity contribution in [3.63, 3.8) is 0 Å². The number of carbonyl (C=O) groups is 3. The lowest BCUT2D eigenvalue weighted by Gasteiger charge is -2.36. The summed E-state index contributed by atoms with van der Waals surface area (Å²) in [5.74, 6) is -2.99. The van der Waals surface area contributed by atoms with Crippen molar-refractivity contribution < 1.29 is 32.6 Å². The number of ketones is 1. The Morgan fingerprint density at radius 2 is 1.71 bits per heavy atom. The molecule has 5 rings (SSSR count). The Labute approximate surface area is 239 Å². The lowest BCUT2D eigenvalue weighted by atomic mass is 9.82. The molecule has 11 nitrogen and oxygen atoms in total.